The molecule has 1 heterocycles. The molecular weight excluding hydrogens is 161 g/mol. The summed E-state index contributed by atoms with van der Waals surface area (Å²) in [5, 5.41) is 11.4. The molecule has 1 aliphatic heterocycles. The minimum atomic E-state index is -0.419. The fourth-order valence-electron chi connectivity index (χ4n) is 1.20. The summed E-state index contributed by atoms with van der Waals surface area (Å²) < 4.78 is 18.1. The second kappa shape index (κ2) is 2.48. The molecule has 0 spiro atoms. The lowest BCUT2D eigenvalue weighted by Gasteiger charge is -1.96. The molecule has 1 aromatic carbocycles. The lowest BCUT2D eigenvalue weighted by atomic mass is 10.1. The molecule has 0 unspecified atom stereocenters. The molecular formula is C8H6FNO2. The Hall–Kier alpha value is -1.58. The van der Waals surface area contributed by atoms with Gasteiger partial charge in [-0.3, -0.25) is 0 Å². The summed E-state index contributed by atoms with van der Waals surface area (Å²) >= 11 is 0. The fourth-order valence-corrected chi connectivity index (χ4v) is 1.20. The zero-order valence-corrected chi connectivity index (χ0v) is 6.12. The molecule has 4 heteroatoms. The van der Waals surface area contributed by atoms with Gasteiger partial charge in [0.15, 0.2) is 0 Å². The Kier molecular flexibility index (Phi) is 1.46. The van der Waals surface area contributed by atoms with Gasteiger partial charge in [-0.15, -0.1) is 0 Å². The number of ether oxygens (including phenoxy) is 1. The van der Waals surface area contributed by atoms with Gasteiger partial charge in [0.1, 0.15) is 23.9 Å². The zero-order chi connectivity index (χ0) is 8.55. The van der Waals surface area contributed by atoms with Gasteiger partial charge < -0.3 is 9.94 Å². The first kappa shape index (κ1) is 7.09. The predicted molar refractivity (Wildman–Crippen MR) is 40.2 cm³/mol. The maximum absolute atomic E-state index is 13.1. The Labute approximate surface area is 68.1 Å². The average molecular weight is 167 g/mol. The third-order valence-corrected chi connectivity index (χ3v) is 1.75. The van der Waals surface area contributed by atoms with Gasteiger partial charge in [0.05, 0.1) is 5.56 Å². The van der Waals surface area contributed by atoms with Crippen molar-refractivity contribution in [3.05, 3.63) is 29.6 Å². The van der Waals surface area contributed by atoms with Crippen molar-refractivity contribution >= 4 is 5.71 Å². The van der Waals surface area contributed by atoms with E-state index in [1.165, 1.54) is 6.07 Å². The topological polar surface area (TPSA) is 41.8 Å². The third kappa shape index (κ3) is 0.845. The largest absolute Gasteiger partial charge is 0.486 e. The average Bonchev–Trinajstić information content (AvgIpc) is 2.49. The Morgan fingerprint density at radius 2 is 2.33 bits per heavy atom. The van der Waals surface area contributed by atoms with Crippen LogP contribution in [0.1, 0.15) is 5.56 Å². The Morgan fingerprint density at radius 3 is 3.08 bits per heavy atom. The molecule has 1 aromatic rings. The highest BCUT2D eigenvalue weighted by atomic mass is 19.1. The first-order valence-corrected chi connectivity index (χ1v) is 3.45. The molecule has 0 radical (unpaired) electrons. The maximum atomic E-state index is 13.1. The molecule has 0 saturated carbocycles. The standard InChI is InChI=1S/C8H6FNO2/c9-5-2-1-3-7-8(5)6(10-11)4-12-7/h1-3,11H,4H2/b10-6+. The van der Waals surface area contributed by atoms with Crippen molar-refractivity contribution in [3.63, 3.8) is 0 Å². The van der Waals surface area contributed by atoms with Gasteiger partial charge in [-0.25, -0.2) is 4.39 Å². The number of oxime groups is 1. The number of rotatable bonds is 0. The van der Waals surface area contributed by atoms with E-state index < -0.39 is 5.82 Å². The third-order valence-electron chi connectivity index (χ3n) is 1.75. The van der Waals surface area contributed by atoms with Crippen LogP contribution in [0.4, 0.5) is 4.39 Å². The van der Waals surface area contributed by atoms with E-state index in [9.17, 15) is 4.39 Å². The molecule has 0 atom stereocenters. The van der Waals surface area contributed by atoms with Gasteiger partial charge >= 0.3 is 0 Å². The summed E-state index contributed by atoms with van der Waals surface area (Å²) in [6.07, 6.45) is 0. The summed E-state index contributed by atoms with van der Waals surface area (Å²) in [6.45, 7) is 0.132. The van der Waals surface area contributed by atoms with Crippen LogP contribution >= 0.6 is 0 Å². The monoisotopic (exact) mass is 167 g/mol. The van der Waals surface area contributed by atoms with E-state index in [1.807, 2.05) is 0 Å². The SMILES string of the molecule is O/N=C1\COc2cccc(F)c21. The van der Waals surface area contributed by atoms with Crippen LogP contribution in [0.25, 0.3) is 0 Å². The van der Waals surface area contributed by atoms with Crippen LogP contribution in [0.5, 0.6) is 5.75 Å². The van der Waals surface area contributed by atoms with E-state index in [1.54, 1.807) is 12.1 Å². The number of halogens is 1. The molecule has 1 N–H and O–H groups in total. The summed E-state index contributed by atoms with van der Waals surface area (Å²) in [6, 6.07) is 4.49. The molecule has 0 aliphatic carbocycles. The van der Waals surface area contributed by atoms with Gasteiger partial charge in [0.25, 0.3) is 0 Å². The summed E-state index contributed by atoms with van der Waals surface area (Å²) in [5.74, 6) is 0.0144. The summed E-state index contributed by atoms with van der Waals surface area (Å²) in [7, 11) is 0. The van der Waals surface area contributed by atoms with Crippen LogP contribution in [0.15, 0.2) is 23.4 Å². The Bertz CT molecular complexity index is 349. The molecule has 12 heavy (non-hydrogen) atoms. The highest BCUT2D eigenvalue weighted by Gasteiger charge is 2.23. The molecule has 62 valence electrons. The van der Waals surface area contributed by atoms with Crippen LogP contribution in [0.3, 0.4) is 0 Å². The van der Waals surface area contributed by atoms with Gasteiger partial charge in [-0.1, -0.05) is 11.2 Å². The minimum Gasteiger partial charge on any atom is -0.486 e. The van der Waals surface area contributed by atoms with Crippen LogP contribution in [-0.4, -0.2) is 17.5 Å². The fraction of sp³-hybridized carbons (Fsp3) is 0.125. The first-order chi connectivity index (χ1) is 5.83. The summed E-state index contributed by atoms with van der Waals surface area (Å²) in [4.78, 5) is 0. The number of hydrogen-bond donors (Lipinski definition) is 1. The Balaban J connectivity index is 2.63. The zero-order valence-electron chi connectivity index (χ0n) is 6.12. The van der Waals surface area contributed by atoms with E-state index in [0.29, 0.717) is 5.75 Å². The van der Waals surface area contributed by atoms with Gasteiger partial charge in [-0.05, 0) is 12.1 Å². The van der Waals surface area contributed by atoms with E-state index in [2.05, 4.69) is 5.16 Å². The maximum Gasteiger partial charge on any atom is 0.136 e. The van der Waals surface area contributed by atoms with Crippen LogP contribution < -0.4 is 4.74 Å². The molecule has 1 aliphatic rings. The van der Waals surface area contributed by atoms with Crippen molar-refractivity contribution in [1.29, 1.82) is 0 Å². The van der Waals surface area contributed by atoms with Crippen molar-refractivity contribution in [1.82, 2.24) is 0 Å². The normalized spacial score (nSPS) is 17.6. The van der Waals surface area contributed by atoms with Crippen molar-refractivity contribution < 1.29 is 14.3 Å². The van der Waals surface area contributed by atoms with E-state index >= 15 is 0 Å². The smallest absolute Gasteiger partial charge is 0.136 e. The molecule has 0 bridgehead atoms. The van der Waals surface area contributed by atoms with E-state index in [0.717, 1.165) is 0 Å². The van der Waals surface area contributed by atoms with Crippen LogP contribution in [-0.2, 0) is 0 Å². The second-order valence-corrected chi connectivity index (χ2v) is 2.45. The van der Waals surface area contributed by atoms with Crippen molar-refractivity contribution in [2.45, 2.75) is 0 Å². The Morgan fingerprint density at radius 1 is 1.50 bits per heavy atom. The van der Waals surface area contributed by atoms with Gasteiger partial charge in [-0.2, -0.15) is 0 Å². The number of nitrogens with zero attached hydrogens (tertiary/aromatic N) is 1. The first-order valence-electron chi connectivity index (χ1n) is 3.45. The van der Waals surface area contributed by atoms with Crippen LogP contribution in [0.2, 0.25) is 0 Å². The number of hydrogen-bond acceptors (Lipinski definition) is 3. The summed E-state index contributed by atoms with van der Waals surface area (Å²) in [5.41, 5.74) is 0.503. The quantitative estimate of drug-likeness (QED) is 0.468. The molecule has 0 fully saturated rings. The van der Waals surface area contributed by atoms with Gasteiger partial charge in [0.2, 0.25) is 0 Å². The number of fused-ring (bicyclic) bond motifs is 1. The van der Waals surface area contributed by atoms with Crippen molar-refractivity contribution in [2.75, 3.05) is 6.61 Å². The highest BCUT2D eigenvalue weighted by Crippen LogP contribution is 2.27. The molecule has 0 aromatic heterocycles. The van der Waals surface area contributed by atoms with Gasteiger partial charge in [0, 0.05) is 0 Å². The molecule has 2 rings (SSSR count). The lowest BCUT2D eigenvalue weighted by molar-refractivity contribution is 0.313. The molecule has 0 amide bonds. The van der Waals surface area contributed by atoms with Crippen molar-refractivity contribution in [3.8, 4) is 5.75 Å². The predicted octanol–water partition coefficient (Wildman–Crippen LogP) is 1.40. The number of benzene rings is 1. The van der Waals surface area contributed by atoms with E-state index in [-0.39, 0.29) is 17.9 Å². The van der Waals surface area contributed by atoms with Crippen LogP contribution in [0, 0.1) is 5.82 Å². The highest BCUT2D eigenvalue weighted by molar-refractivity contribution is 6.06. The second-order valence-electron chi connectivity index (χ2n) is 2.45. The van der Waals surface area contributed by atoms with E-state index in [4.69, 9.17) is 9.94 Å². The molecule has 0 saturated heterocycles. The molecule has 3 nitrogen and oxygen atoms in total. The van der Waals surface area contributed by atoms with Crippen molar-refractivity contribution in [2.24, 2.45) is 5.16 Å². The lowest BCUT2D eigenvalue weighted by Crippen LogP contribution is -2.03. The minimum absolute atomic E-state index is 0.132.